The molecule has 0 aromatic rings. The van der Waals surface area contributed by atoms with Crippen LogP contribution in [-0.4, -0.2) is 43.3 Å². The maximum Gasteiger partial charge on any atom is 0.308 e. The Hall–Kier alpha value is -0.650. The van der Waals surface area contributed by atoms with Crippen LogP contribution >= 0.6 is 0 Å². The molecule has 5 heteroatoms. The van der Waals surface area contributed by atoms with E-state index in [2.05, 4.69) is 4.74 Å². The largest absolute Gasteiger partial charge is 0.469 e. The van der Waals surface area contributed by atoms with Crippen molar-refractivity contribution in [2.45, 2.75) is 31.2 Å². The Bertz CT molecular complexity index is 229. The Kier molecular flexibility index (Phi) is 2.71. The summed E-state index contributed by atoms with van der Waals surface area (Å²) >= 11 is 0. The zero-order chi connectivity index (χ0) is 10.1. The number of hydrogen-bond acceptors (Lipinski definition) is 5. The summed E-state index contributed by atoms with van der Waals surface area (Å²) in [4.78, 5) is 11.3. The highest BCUT2D eigenvalue weighted by atomic mass is 16.7. The molecule has 2 rings (SSSR count). The van der Waals surface area contributed by atoms with Gasteiger partial charge < -0.3 is 19.3 Å². The van der Waals surface area contributed by atoms with E-state index in [4.69, 9.17) is 9.47 Å². The Balaban J connectivity index is 2.02. The summed E-state index contributed by atoms with van der Waals surface area (Å²) in [5.74, 6) is -0.545. The first-order chi connectivity index (χ1) is 6.72. The highest BCUT2D eigenvalue weighted by Crippen LogP contribution is 2.32. The number of carbonyl (C=O) groups is 1. The lowest BCUT2D eigenvalue weighted by atomic mass is 9.83. The van der Waals surface area contributed by atoms with E-state index in [1.165, 1.54) is 7.11 Å². The first kappa shape index (κ1) is 9.89. The summed E-state index contributed by atoms with van der Waals surface area (Å²) in [5.41, 5.74) is 0. The normalized spacial score (nSPS) is 41.9. The Morgan fingerprint density at radius 3 is 2.93 bits per heavy atom. The lowest BCUT2D eigenvalue weighted by Gasteiger charge is -2.31. The van der Waals surface area contributed by atoms with Crippen LogP contribution in [0.15, 0.2) is 0 Å². The van der Waals surface area contributed by atoms with Gasteiger partial charge in [0.05, 0.1) is 25.2 Å². The number of aliphatic hydroxyl groups excluding tert-OH is 1. The first-order valence-electron chi connectivity index (χ1n) is 4.71. The monoisotopic (exact) mass is 202 g/mol. The van der Waals surface area contributed by atoms with Crippen molar-refractivity contribution in [2.75, 3.05) is 13.9 Å². The summed E-state index contributed by atoms with van der Waals surface area (Å²) in [6, 6.07) is 0. The SMILES string of the molecule is COC(=O)[C@H]1CC2OCO[C@@H]2[C@H](O)C1. The topological polar surface area (TPSA) is 65.0 Å². The van der Waals surface area contributed by atoms with Gasteiger partial charge in [0.15, 0.2) is 0 Å². The molecule has 1 saturated carbocycles. The molecule has 5 nitrogen and oxygen atoms in total. The van der Waals surface area contributed by atoms with Gasteiger partial charge in [-0.25, -0.2) is 0 Å². The molecule has 4 atom stereocenters. The minimum absolute atomic E-state index is 0.164. The average molecular weight is 202 g/mol. The number of fused-ring (bicyclic) bond motifs is 1. The lowest BCUT2D eigenvalue weighted by Crippen LogP contribution is -2.44. The minimum Gasteiger partial charge on any atom is -0.469 e. The summed E-state index contributed by atoms with van der Waals surface area (Å²) in [6.07, 6.45) is -0.0786. The number of methoxy groups -OCH3 is 1. The molecule has 1 N–H and O–H groups in total. The van der Waals surface area contributed by atoms with Crippen molar-refractivity contribution in [2.24, 2.45) is 5.92 Å². The predicted molar refractivity (Wildman–Crippen MR) is 45.4 cm³/mol. The van der Waals surface area contributed by atoms with Gasteiger partial charge in [-0.1, -0.05) is 0 Å². The third kappa shape index (κ3) is 1.63. The molecule has 1 saturated heterocycles. The molecule has 0 aromatic heterocycles. The smallest absolute Gasteiger partial charge is 0.308 e. The second-order valence-corrected chi connectivity index (χ2v) is 3.71. The molecule has 1 unspecified atom stereocenters. The van der Waals surface area contributed by atoms with E-state index < -0.39 is 6.10 Å². The van der Waals surface area contributed by atoms with Gasteiger partial charge in [-0.3, -0.25) is 4.79 Å². The maximum absolute atomic E-state index is 11.3. The Morgan fingerprint density at radius 2 is 2.21 bits per heavy atom. The average Bonchev–Trinajstić information content (AvgIpc) is 2.64. The van der Waals surface area contributed by atoms with Gasteiger partial charge in [0, 0.05) is 0 Å². The molecule has 2 fully saturated rings. The minimum atomic E-state index is -0.625. The fourth-order valence-electron chi connectivity index (χ4n) is 2.13. The van der Waals surface area contributed by atoms with Gasteiger partial charge in [0.1, 0.15) is 12.9 Å². The summed E-state index contributed by atoms with van der Waals surface area (Å²) < 4.78 is 15.1. The second kappa shape index (κ2) is 3.84. The highest BCUT2D eigenvalue weighted by Gasteiger charge is 2.44. The van der Waals surface area contributed by atoms with Gasteiger partial charge >= 0.3 is 5.97 Å². The van der Waals surface area contributed by atoms with Crippen molar-refractivity contribution in [3.05, 3.63) is 0 Å². The zero-order valence-corrected chi connectivity index (χ0v) is 8.01. The number of hydrogen-bond donors (Lipinski definition) is 1. The van der Waals surface area contributed by atoms with Crippen LogP contribution in [0.4, 0.5) is 0 Å². The van der Waals surface area contributed by atoms with Crippen LogP contribution in [0.3, 0.4) is 0 Å². The number of esters is 1. The van der Waals surface area contributed by atoms with Crippen LogP contribution in [0.1, 0.15) is 12.8 Å². The molecule has 2 aliphatic rings. The quantitative estimate of drug-likeness (QED) is 0.590. The van der Waals surface area contributed by atoms with Crippen molar-refractivity contribution in [3.8, 4) is 0 Å². The molecular weight excluding hydrogens is 188 g/mol. The fourth-order valence-corrected chi connectivity index (χ4v) is 2.13. The van der Waals surface area contributed by atoms with Crippen LogP contribution in [0.5, 0.6) is 0 Å². The highest BCUT2D eigenvalue weighted by molar-refractivity contribution is 5.72. The van der Waals surface area contributed by atoms with Crippen LogP contribution in [0, 0.1) is 5.92 Å². The fraction of sp³-hybridized carbons (Fsp3) is 0.889. The second-order valence-electron chi connectivity index (χ2n) is 3.71. The predicted octanol–water partition coefficient (Wildman–Crippen LogP) is -0.328. The number of rotatable bonds is 1. The van der Waals surface area contributed by atoms with E-state index in [0.29, 0.717) is 12.8 Å². The zero-order valence-electron chi connectivity index (χ0n) is 8.01. The van der Waals surface area contributed by atoms with Crippen molar-refractivity contribution < 1.29 is 24.1 Å². The summed E-state index contributed by atoms with van der Waals surface area (Å²) in [5, 5.41) is 9.68. The van der Waals surface area contributed by atoms with Crippen molar-refractivity contribution in [3.63, 3.8) is 0 Å². The summed E-state index contributed by atoms with van der Waals surface area (Å²) in [6.45, 7) is 0.209. The molecule has 0 amide bonds. The Labute approximate surface area is 81.9 Å². The van der Waals surface area contributed by atoms with Gasteiger partial charge in [0.25, 0.3) is 0 Å². The van der Waals surface area contributed by atoms with Crippen molar-refractivity contribution in [1.29, 1.82) is 0 Å². The summed E-state index contributed by atoms with van der Waals surface area (Å²) in [7, 11) is 1.35. The lowest BCUT2D eigenvalue weighted by molar-refractivity contribution is -0.151. The van der Waals surface area contributed by atoms with Gasteiger partial charge in [-0.2, -0.15) is 0 Å². The van der Waals surface area contributed by atoms with Crippen LogP contribution in [0.2, 0.25) is 0 Å². The van der Waals surface area contributed by atoms with E-state index in [1.807, 2.05) is 0 Å². The molecule has 0 radical (unpaired) electrons. The number of aliphatic hydroxyl groups is 1. The van der Waals surface area contributed by atoms with E-state index >= 15 is 0 Å². The van der Waals surface area contributed by atoms with E-state index in [1.54, 1.807) is 0 Å². The standard InChI is InChI=1S/C9H14O5/c1-12-9(11)5-2-6(10)8-7(3-5)13-4-14-8/h5-8,10H,2-4H2,1H3/t5-,6-,7?,8-/m1/s1. The number of carbonyl (C=O) groups excluding carboxylic acids is 1. The third-order valence-corrected chi connectivity index (χ3v) is 2.87. The van der Waals surface area contributed by atoms with E-state index in [-0.39, 0.29) is 30.9 Å². The molecule has 1 aliphatic carbocycles. The number of ether oxygens (including phenoxy) is 3. The molecular formula is C9H14O5. The molecule has 1 aliphatic heterocycles. The van der Waals surface area contributed by atoms with Gasteiger partial charge in [-0.05, 0) is 12.8 Å². The molecule has 0 bridgehead atoms. The van der Waals surface area contributed by atoms with Gasteiger partial charge in [-0.15, -0.1) is 0 Å². The molecule has 80 valence electrons. The van der Waals surface area contributed by atoms with Crippen molar-refractivity contribution >= 4 is 5.97 Å². The molecule has 0 spiro atoms. The molecule has 14 heavy (non-hydrogen) atoms. The van der Waals surface area contributed by atoms with Crippen LogP contribution < -0.4 is 0 Å². The van der Waals surface area contributed by atoms with E-state index in [9.17, 15) is 9.90 Å². The maximum atomic E-state index is 11.3. The van der Waals surface area contributed by atoms with E-state index in [0.717, 1.165) is 0 Å². The van der Waals surface area contributed by atoms with Crippen LogP contribution in [-0.2, 0) is 19.0 Å². The third-order valence-electron chi connectivity index (χ3n) is 2.87. The van der Waals surface area contributed by atoms with Crippen LogP contribution in [0.25, 0.3) is 0 Å². The van der Waals surface area contributed by atoms with Crippen molar-refractivity contribution in [1.82, 2.24) is 0 Å². The van der Waals surface area contributed by atoms with Gasteiger partial charge in [0.2, 0.25) is 0 Å². The Morgan fingerprint density at radius 1 is 1.43 bits per heavy atom. The molecule has 0 aromatic carbocycles. The first-order valence-corrected chi connectivity index (χ1v) is 4.71. The molecule has 1 heterocycles.